The number of thiocarbonyl (C=S) groups is 1. The third kappa shape index (κ3) is 4.86. The molecule has 2 aromatic rings. The molecule has 112 valence electrons. The number of rotatable bonds is 6. The van der Waals surface area contributed by atoms with Crippen LogP contribution >= 0.6 is 12.2 Å². The van der Waals surface area contributed by atoms with Gasteiger partial charge >= 0.3 is 0 Å². The van der Waals surface area contributed by atoms with Gasteiger partial charge in [-0.3, -0.25) is 0 Å². The number of aromatic nitrogens is 2. The van der Waals surface area contributed by atoms with Crippen molar-refractivity contribution in [1.29, 1.82) is 0 Å². The molecule has 0 saturated carbocycles. The second-order valence-corrected chi connectivity index (χ2v) is 5.50. The van der Waals surface area contributed by atoms with E-state index in [0.717, 1.165) is 31.2 Å². The van der Waals surface area contributed by atoms with Crippen molar-refractivity contribution in [2.75, 3.05) is 13.6 Å². The van der Waals surface area contributed by atoms with E-state index in [1.807, 2.05) is 25.8 Å². The topological polar surface area (TPSA) is 33.1 Å². The molecule has 0 fully saturated rings. The Labute approximate surface area is 131 Å². The summed E-state index contributed by atoms with van der Waals surface area (Å²) in [5.41, 5.74) is 2.56. The smallest absolute Gasteiger partial charge is 0.168 e. The molecule has 0 saturated heterocycles. The Hall–Kier alpha value is -1.88. The van der Waals surface area contributed by atoms with E-state index in [0.29, 0.717) is 0 Å². The van der Waals surface area contributed by atoms with Gasteiger partial charge in [0.05, 0.1) is 6.33 Å². The van der Waals surface area contributed by atoms with Gasteiger partial charge in [-0.2, -0.15) is 0 Å². The maximum atomic E-state index is 5.41. The Bertz CT molecular complexity index is 548. The van der Waals surface area contributed by atoms with Crippen LogP contribution in [-0.4, -0.2) is 33.2 Å². The van der Waals surface area contributed by atoms with Crippen LogP contribution in [0, 0.1) is 6.92 Å². The second kappa shape index (κ2) is 7.78. The predicted molar refractivity (Wildman–Crippen MR) is 90.1 cm³/mol. The summed E-state index contributed by atoms with van der Waals surface area (Å²) in [6, 6.07) is 8.61. The Morgan fingerprint density at radius 2 is 2.10 bits per heavy atom. The van der Waals surface area contributed by atoms with Crippen LogP contribution in [0.15, 0.2) is 43.0 Å². The molecule has 0 aliphatic heterocycles. The molecule has 0 spiro atoms. The van der Waals surface area contributed by atoms with E-state index in [1.165, 1.54) is 11.1 Å². The number of benzene rings is 1. The highest BCUT2D eigenvalue weighted by molar-refractivity contribution is 7.80. The van der Waals surface area contributed by atoms with Gasteiger partial charge in [0.25, 0.3) is 0 Å². The van der Waals surface area contributed by atoms with Crippen molar-refractivity contribution in [1.82, 2.24) is 19.8 Å². The average molecular weight is 302 g/mol. The lowest BCUT2D eigenvalue weighted by Gasteiger charge is -2.25. The maximum absolute atomic E-state index is 5.41. The number of nitrogens with one attached hydrogen (secondary N) is 1. The van der Waals surface area contributed by atoms with Gasteiger partial charge in [-0.1, -0.05) is 29.8 Å². The Morgan fingerprint density at radius 3 is 2.71 bits per heavy atom. The SMILES string of the molecule is CNC(=S)N(CCCn1ccnc1)Cc1ccc(C)cc1. The molecule has 0 unspecified atom stereocenters. The number of nitrogens with zero attached hydrogens (tertiary/aromatic N) is 3. The molecule has 0 atom stereocenters. The summed E-state index contributed by atoms with van der Waals surface area (Å²) in [6.45, 7) is 4.82. The van der Waals surface area contributed by atoms with E-state index in [1.54, 1.807) is 0 Å². The Kier molecular flexibility index (Phi) is 5.75. The fraction of sp³-hybridized carbons (Fsp3) is 0.375. The van der Waals surface area contributed by atoms with Crippen LogP contribution in [0.5, 0.6) is 0 Å². The number of aryl methyl sites for hydroxylation is 2. The fourth-order valence-electron chi connectivity index (χ4n) is 2.19. The maximum Gasteiger partial charge on any atom is 0.168 e. The zero-order valence-corrected chi connectivity index (χ0v) is 13.4. The van der Waals surface area contributed by atoms with Gasteiger partial charge < -0.3 is 14.8 Å². The van der Waals surface area contributed by atoms with Gasteiger partial charge in [0.1, 0.15) is 0 Å². The van der Waals surface area contributed by atoms with Crippen molar-refractivity contribution >= 4 is 17.3 Å². The molecule has 1 heterocycles. The summed E-state index contributed by atoms with van der Waals surface area (Å²) in [6.07, 6.45) is 6.67. The molecule has 1 aromatic carbocycles. The van der Waals surface area contributed by atoms with Crippen molar-refractivity contribution in [2.45, 2.75) is 26.4 Å². The molecular formula is C16H22N4S. The van der Waals surface area contributed by atoms with Crippen molar-refractivity contribution in [3.63, 3.8) is 0 Å². The monoisotopic (exact) mass is 302 g/mol. The Balaban J connectivity index is 1.91. The van der Waals surface area contributed by atoms with Crippen molar-refractivity contribution in [3.8, 4) is 0 Å². The first-order valence-electron chi connectivity index (χ1n) is 7.17. The lowest BCUT2D eigenvalue weighted by Crippen LogP contribution is -2.38. The van der Waals surface area contributed by atoms with Crippen LogP contribution in [0.4, 0.5) is 0 Å². The van der Waals surface area contributed by atoms with Crippen LogP contribution in [0.25, 0.3) is 0 Å². The third-order valence-corrected chi connectivity index (χ3v) is 3.86. The van der Waals surface area contributed by atoms with Crippen LogP contribution < -0.4 is 5.32 Å². The zero-order valence-electron chi connectivity index (χ0n) is 12.6. The molecule has 2 rings (SSSR count). The summed E-state index contributed by atoms with van der Waals surface area (Å²) in [7, 11) is 1.88. The second-order valence-electron chi connectivity index (χ2n) is 5.12. The first-order chi connectivity index (χ1) is 10.2. The highest BCUT2D eigenvalue weighted by atomic mass is 32.1. The Morgan fingerprint density at radius 1 is 1.33 bits per heavy atom. The van der Waals surface area contributed by atoms with Crippen molar-refractivity contribution in [3.05, 3.63) is 54.1 Å². The normalized spacial score (nSPS) is 10.4. The molecule has 0 aliphatic rings. The molecule has 5 heteroatoms. The standard InChI is InChI=1S/C16H22N4S/c1-14-4-6-15(7-5-14)12-20(16(21)17-2)10-3-9-19-11-8-18-13-19/h4-8,11,13H,3,9-10,12H2,1-2H3,(H,17,21). The van der Waals surface area contributed by atoms with Gasteiger partial charge in [-0.25, -0.2) is 4.98 Å². The molecule has 4 nitrogen and oxygen atoms in total. The van der Waals surface area contributed by atoms with Crippen LogP contribution in [0.1, 0.15) is 17.5 Å². The molecule has 0 amide bonds. The van der Waals surface area contributed by atoms with E-state index in [2.05, 4.69) is 51.0 Å². The lowest BCUT2D eigenvalue weighted by atomic mass is 10.1. The molecule has 1 aromatic heterocycles. The summed E-state index contributed by atoms with van der Waals surface area (Å²) < 4.78 is 2.09. The molecule has 1 N–H and O–H groups in total. The summed E-state index contributed by atoms with van der Waals surface area (Å²) >= 11 is 5.41. The highest BCUT2D eigenvalue weighted by Crippen LogP contribution is 2.08. The minimum Gasteiger partial charge on any atom is -0.366 e. The quantitative estimate of drug-likeness (QED) is 0.832. The van der Waals surface area contributed by atoms with E-state index in [9.17, 15) is 0 Å². The van der Waals surface area contributed by atoms with E-state index in [4.69, 9.17) is 12.2 Å². The summed E-state index contributed by atoms with van der Waals surface area (Å²) in [4.78, 5) is 6.26. The van der Waals surface area contributed by atoms with Gasteiger partial charge in [-0.15, -0.1) is 0 Å². The molecule has 0 radical (unpaired) electrons. The average Bonchev–Trinajstić information content (AvgIpc) is 3.01. The van der Waals surface area contributed by atoms with Gasteiger partial charge in [-0.05, 0) is 31.1 Å². The predicted octanol–water partition coefficient (Wildman–Crippen LogP) is 2.59. The zero-order chi connectivity index (χ0) is 15.1. The number of hydrogen-bond acceptors (Lipinski definition) is 2. The van der Waals surface area contributed by atoms with Crippen LogP contribution in [0.3, 0.4) is 0 Å². The van der Waals surface area contributed by atoms with E-state index in [-0.39, 0.29) is 0 Å². The highest BCUT2D eigenvalue weighted by Gasteiger charge is 2.08. The van der Waals surface area contributed by atoms with Gasteiger partial charge in [0.15, 0.2) is 5.11 Å². The molecule has 21 heavy (non-hydrogen) atoms. The van der Waals surface area contributed by atoms with Gasteiger partial charge in [0, 0.05) is 39.1 Å². The molecule has 0 bridgehead atoms. The third-order valence-electron chi connectivity index (χ3n) is 3.40. The number of hydrogen-bond donors (Lipinski definition) is 1. The fourth-order valence-corrected chi connectivity index (χ4v) is 2.34. The van der Waals surface area contributed by atoms with E-state index < -0.39 is 0 Å². The minimum absolute atomic E-state index is 0.793. The molecule has 0 aliphatic carbocycles. The minimum atomic E-state index is 0.793. The van der Waals surface area contributed by atoms with E-state index >= 15 is 0 Å². The van der Waals surface area contributed by atoms with Gasteiger partial charge in [0.2, 0.25) is 0 Å². The number of imidazole rings is 1. The summed E-state index contributed by atoms with van der Waals surface area (Å²) in [5, 5.41) is 3.87. The summed E-state index contributed by atoms with van der Waals surface area (Å²) in [5.74, 6) is 0. The first kappa shape index (κ1) is 15.5. The van der Waals surface area contributed by atoms with Crippen molar-refractivity contribution in [2.24, 2.45) is 0 Å². The largest absolute Gasteiger partial charge is 0.366 e. The van der Waals surface area contributed by atoms with Crippen LogP contribution in [0.2, 0.25) is 0 Å². The van der Waals surface area contributed by atoms with Crippen LogP contribution in [-0.2, 0) is 13.1 Å². The van der Waals surface area contributed by atoms with Crippen molar-refractivity contribution < 1.29 is 0 Å². The first-order valence-corrected chi connectivity index (χ1v) is 7.58. The molecular weight excluding hydrogens is 280 g/mol. The lowest BCUT2D eigenvalue weighted by molar-refractivity contribution is 0.387.